The Bertz CT molecular complexity index is 311. The summed E-state index contributed by atoms with van der Waals surface area (Å²) in [6.07, 6.45) is 3.01. The second kappa shape index (κ2) is 4.68. The fourth-order valence-electron chi connectivity index (χ4n) is 3.03. The van der Waals surface area contributed by atoms with Gasteiger partial charge in [0.2, 0.25) is 0 Å². The van der Waals surface area contributed by atoms with Gasteiger partial charge in [-0.25, -0.2) is 0 Å². The van der Waals surface area contributed by atoms with Gasteiger partial charge in [0, 0.05) is 18.2 Å². The van der Waals surface area contributed by atoms with Crippen molar-refractivity contribution in [3.8, 4) is 0 Å². The fraction of sp³-hybridized carbons (Fsp3) is 0.857. The summed E-state index contributed by atoms with van der Waals surface area (Å²) in [5.74, 6) is 0.833. The molecule has 2 aliphatic heterocycles. The van der Waals surface area contributed by atoms with Gasteiger partial charge in [-0.1, -0.05) is 20.8 Å². The van der Waals surface area contributed by atoms with E-state index >= 15 is 0 Å². The number of nitrogens with zero attached hydrogens (tertiary/aromatic N) is 1. The van der Waals surface area contributed by atoms with Crippen molar-refractivity contribution in [1.29, 1.82) is 0 Å². The van der Waals surface area contributed by atoms with E-state index in [4.69, 9.17) is 0 Å². The zero-order chi connectivity index (χ0) is 12.6. The molecule has 3 aliphatic rings. The summed E-state index contributed by atoms with van der Waals surface area (Å²) < 4.78 is 24.7. The fourth-order valence-corrected chi connectivity index (χ4v) is 3.03. The van der Waals surface area contributed by atoms with Crippen molar-refractivity contribution in [2.45, 2.75) is 52.5 Å². The number of halogens is 2. The summed E-state index contributed by atoms with van der Waals surface area (Å²) in [6, 6.07) is 0.462. The maximum absolute atomic E-state index is 12.4. The van der Waals surface area contributed by atoms with Gasteiger partial charge in [-0.15, -0.1) is 0 Å². The number of hydrogen-bond acceptors (Lipinski definition) is 1. The second-order valence-electron chi connectivity index (χ2n) is 6.40. The lowest BCUT2D eigenvalue weighted by atomic mass is 9.94. The van der Waals surface area contributed by atoms with Crippen LogP contribution in [0.1, 0.15) is 46.5 Å². The first-order valence-corrected chi connectivity index (χ1v) is 6.72. The minimum Gasteiger partial charge on any atom is -0.295 e. The van der Waals surface area contributed by atoms with E-state index in [2.05, 4.69) is 25.7 Å². The molecule has 98 valence electrons. The molecule has 0 aromatic heterocycles. The molecule has 0 radical (unpaired) electrons. The molecule has 2 saturated heterocycles. The normalized spacial score (nSPS) is 29.3. The third-order valence-corrected chi connectivity index (χ3v) is 4.04. The van der Waals surface area contributed by atoms with Crippen molar-refractivity contribution < 1.29 is 8.78 Å². The molecule has 1 nitrogen and oxygen atoms in total. The summed E-state index contributed by atoms with van der Waals surface area (Å²) in [4.78, 5) is 2.25. The lowest BCUT2D eigenvalue weighted by Gasteiger charge is -2.17. The van der Waals surface area contributed by atoms with E-state index < -0.39 is 6.08 Å². The highest BCUT2D eigenvalue weighted by atomic mass is 19.3. The second-order valence-corrected chi connectivity index (χ2v) is 6.40. The van der Waals surface area contributed by atoms with Gasteiger partial charge in [0.05, 0.1) is 0 Å². The SMILES string of the molecule is CC(C)C.FC(F)=C1CC2N(CCC23CC3)C1. The molecule has 3 fully saturated rings. The molecule has 2 heterocycles. The van der Waals surface area contributed by atoms with E-state index in [1.165, 1.54) is 19.3 Å². The van der Waals surface area contributed by atoms with Crippen molar-refractivity contribution in [2.75, 3.05) is 13.1 Å². The third kappa shape index (κ3) is 2.70. The van der Waals surface area contributed by atoms with Crippen molar-refractivity contribution in [3.63, 3.8) is 0 Å². The number of fused-ring (bicyclic) bond motifs is 2. The Balaban J connectivity index is 0.000000239. The Hall–Kier alpha value is -0.440. The van der Waals surface area contributed by atoms with Crippen molar-refractivity contribution in [3.05, 3.63) is 11.7 Å². The Labute approximate surface area is 103 Å². The Morgan fingerprint density at radius 2 is 1.82 bits per heavy atom. The lowest BCUT2D eigenvalue weighted by molar-refractivity contribution is 0.281. The molecule has 0 aromatic carbocycles. The van der Waals surface area contributed by atoms with Crippen molar-refractivity contribution in [2.24, 2.45) is 11.3 Å². The van der Waals surface area contributed by atoms with Crippen molar-refractivity contribution >= 4 is 0 Å². The Kier molecular flexibility index (Phi) is 3.58. The zero-order valence-electron chi connectivity index (χ0n) is 11.1. The summed E-state index contributed by atoms with van der Waals surface area (Å²) in [6.45, 7) is 8.08. The molecule has 1 spiro atoms. The van der Waals surface area contributed by atoms with Crippen LogP contribution in [0.15, 0.2) is 11.7 Å². The predicted octanol–water partition coefficient (Wildman–Crippen LogP) is 4.06. The minimum absolute atomic E-state index is 0.399. The van der Waals surface area contributed by atoms with Gasteiger partial charge >= 0.3 is 0 Å². The van der Waals surface area contributed by atoms with Crippen LogP contribution in [0.5, 0.6) is 0 Å². The molecule has 1 unspecified atom stereocenters. The van der Waals surface area contributed by atoms with Crippen LogP contribution in [0, 0.1) is 11.3 Å². The van der Waals surface area contributed by atoms with E-state index in [0.29, 0.717) is 30.0 Å². The van der Waals surface area contributed by atoms with Gasteiger partial charge in [-0.2, -0.15) is 8.78 Å². The molecule has 0 N–H and O–H groups in total. The molecule has 1 saturated carbocycles. The van der Waals surface area contributed by atoms with Crippen LogP contribution in [-0.4, -0.2) is 24.0 Å². The van der Waals surface area contributed by atoms with E-state index in [0.717, 1.165) is 12.5 Å². The van der Waals surface area contributed by atoms with Gasteiger partial charge in [-0.05, 0) is 43.6 Å². The van der Waals surface area contributed by atoms with Crippen LogP contribution in [0.4, 0.5) is 8.78 Å². The highest BCUT2D eigenvalue weighted by Gasteiger charge is 2.57. The van der Waals surface area contributed by atoms with Crippen LogP contribution in [0.3, 0.4) is 0 Å². The first-order chi connectivity index (χ1) is 7.94. The molecule has 0 bridgehead atoms. The van der Waals surface area contributed by atoms with Gasteiger partial charge in [0.25, 0.3) is 6.08 Å². The highest BCUT2D eigenvalue weighted by molar-refractivity contribution is 5.22. The van der Waals surface area contributed by atoms with Crippen LogP contribution in [0.2, 0.25) is 0 Å². The molecule has 3 rings (SSSR count). The van der Waals surface area contributed by atoms with Crippen molar-refractivity contribution in [1.82, 2.24) is 4.90 Å². The monoisotopic (exact) mass is 243 g/mol. The van der Waals surface area contributed by atoms with Gasteiger partial charge in [0.15, 0.2) is 0 Å². The zero-order valence-corrected chi connectivity index (χ0v) is 11.1. The van der Waals surface area contributed by atoms with Crippen LogP contribution in [0.25, 0.3) is 0 Å². The first kappa shape index (κ1) is 13.0. The number of rotatable bonds is 0. The van der Waals surface area contributed by atoms with E-state index in [9.17, 15) is 8.78 Å². The summed E-state index contributed by atoms with van der Waals surface area (Å²) in [5.41, 5.74) is 0.868. The smallest absolute Gasteiger partial charge is 0.270 e. The van der Waals surface area contributed by atoms with Gasteiger partial charge in [-0.3, -0.25) is 4.90 Å². The van der Waals surface area contributed by atoms with Gasteiger partial charge < -0.3 is 0 Å². The molecule has 1 atom stereocenters. The molecule has 1 aliphatic carbocycles. The predicted molar refractivity (Wildman–Crippen MR) is 66.0 cm³/mol. The average Bonchev–Trinajstić information content (AvgIpc) is 2.72. The quantitative estimate of drug-likeness (QED) is 0.620. The summed E-state index contributed by atoms with van der Waals surface area (Å²) >= 11 is 0. The topological polar surface area (TPSA) is 3.24 Å². The van der Waals surface area contributed by atoms with E-state index in [-0.39, 0.29) is 0 Å². The summed E-state index contributed by atoms with van der Waals surface area (Å²) in [7, 11) is 0. The molecule has 17 heavy (non-hydrogen) atoms. The molecule has 0 amide bonds. The van der Waals surface area contributed by atoms with E-state index in [1.54, 1.807) is 0 Å². The standard InChI is InChI=1S/C10H13F2N.C4H10/c11-9(12)7-5-8-10(1-2-10)3-4-13(8)6-7;1-4(2)3/h8H,1-6H2;4H,1-3H3. The lowest BCUT2D eigenvalue weighted by Crippen LogP contribution is -2.26. The minimum atomic E-state index is -1.43. The molecule has 3 heteroatoms. The van der Waals surface area contributed by atoms with Gasteiger partial charge in [0.1, 0.15) is 0 Å². The maximum atomic E-state index is 12.4. The maximum Gasteiger partial charge on any atom is 0.270 e. The largest absolute Gasteiger partial charge is 0.295 e. The Morgan fingerprint density at radius 1 is 1.24 bits per heavy atom. The molecule has 0 aromatic rings. The van der Waals surface area contributed by atoms with Crippen LogP contribution in [-0.2, 0) is 0 Å². The highest BCUT2D eigenvalue weighted by Crippen LogP contribution is 2.60. The number of hydrogen-bond donors (Lipinski definition) is 0. The van der Waals surface area contributed by atoms with Crippen LogP contribution >= 0.6 is 0 Å². The average molecular weight is 243 g/mol. The van der Waals surface area contributed by atoms with Crippen LogP contribution < -0.4 is 0 Å². The summed E-state index contributed by atoms with van der Waals surface area (Å²) in [5, 5.41) is 0. The van der Waals surface area contributed by atoms with E-state index in [1.807, 2.05) is 0 Å². The third-order valence-electron chi connectivity index (χ3n) is 4.04. The molecular weight excluding hydrogens is 220 g/mol. The first-order valence-electron chi connectivity index (χ1n) is 6.72. The molecular formula is C14H23F2N. The Morgan fingerprint density at radius 3 is 2.29 bits per heavy atom.